The van der Waals surface area contributed by atoms with Gasteiger partial charge in [0, 0.05) is 37.2 Å². The Morgan fingerprint density at radius 1 is 1.11 bits per heavy atom. The Balaban J connectivity index is 1.52. The minimum Gasteiger partial charge on any atom is -0.481 e. The normalized spacial score (nSPS) is 19.3. The molecule has 0 saturated carbocycles. The number of nitrogens with zero attached hydrogens (tertiary/aromatic N) is 2. The van der Waals surface area contributed by atoms with Crippen LogP contribution in [0.5, 0.6) is 5.88 Å². The highest BCUT2D eigenvalue weighted by atomic mass is 19.1. The SMILES string of the molecule is COc1ccc(-c2ccc([C@H](C)N3CC[C@](CC(C)(C)O)(c4ccc(F)cc4)OC3=O)cc2)cn1. The zero-order valence-electron chi connectivity index (χ0n) is 20.5. The second kappa shape index (κ2) is 9.66. The van der Waals surface area contributed by atoms with Crippen molar-refractivity contribution in [3.8, 4) is 17.0 Å². The van der Waals surface area contributed by atoms with Crippen molar-refractivity contribution >= 4 is 6.09 Å². The maximum atomic E-state index is 13.5. The number of carbonyl (C=O) groups is 1. The van der Waals surface area contributed by atoms with Crippen LogP contribution >= 0.6 is 0 Å². The number of pyridine rings is 1. The summed E-state index contributed by atoms with van der Waals surface area (Å²) < 4.78 is 24.7. The summed E-state index contributed by atoms with van der Waals surface area (Å²) in [6, 6.07) is 17.5. The summed E-state index contributed by atoms with van der Waals surface area (Å²) in [6.45, 7) is 5.77. The summed E-state index contributed by atoms with van der Waals surface area (Å²) in [7, 11) is 1.58. The first kappa shape index (κ1) is 24.7. The van der Waals surface area contributed by atoms with Gasteiger partial charge in [-0.2, -0.15) is 0 Å². The van der Waals surface area contributed by atoms with E-state index >= 15 is 0 Å². The molecular formula is C28H31FN2O4. The van der Waals surface area contributed by atoms with Crippen molar-refractivity contribution in [3.05, 3.63) is 83.8 Å². The maximum absolute atomic E-state index is 13.5. The van der Waals surface area contributed by atoms with Crippen LogP contribution in [0.2, 0.25) is 0 Å². The second-order valence-electron chi connectivity index (χ2n) is 9.69. The molecule has 2 aromatic carbocycles. The standard InChI is InChI=1S/C28H31FN2O4/c1-19(20-5-7-21(8-6-20)22-9-14-25(34-4)30-17-22)31-16-15-28(35-26(31)32,18-27(2,3)33)23-10-12-24(29)13-11-23/h5-14,17,19,33H,15-16,18H2,1-4H3/t19-,28-/m0/s1. The molecule has 1 aliphatic heterocycles. The van der Waals surface area contributed by atoms with E-state index in [-0.39, 0.29) is 18.3 Å². The van der Waals surface area contributed by atoms with E-state index in [4.69, 9.17) is 9.47 Å². The Hall–Kier alpha value is -3.45. The minimum absolute atomic E-state index is 0.209. The quantitative estimate of drug-likeness (QED) is 0.461. The molecule has 2 atom stereocenters. The summed E-state index contributed by atoms with van der Waals surface area (Å²) in [5.41, 5.74) is 1.54. The predicted molar refractivity (Wildman–Crippen MR) is 131 cm³/mol. The highest BCUT2D eigenvalue weighted by Crippen LogP contribution is 2.42. The van der Waals surface area contributed by atoms with Gasteiger partial charge in [-0.1, -0.05) is 36.4 Å². The molecule has 184 valence electrons. The number of cyclic esters (lactones) is 1. The molecule has 0 spiro atoms. The van der Waals surface area contributed by atoms with Gasteiger partial charge in [-0.15, -0.1) is 0 Å². The molecule has 1 amide bonds. The lowest BCUT2D eigenvalue weighted by Gasteiger charge is -2.45. The van der Waals surface area contributed by atoms with Gasteiger partial charge in [0.1, 0.15) is 11.4 Å². The molecule has 1 fully saturated rings. The first-order valence-corrected chi connectivity index (χ1v) is 11.7. The van der Waals surface area contributed by atoms with Gasteiger partial charge < -0.3 is 19.5 Å². The molecule has 0 aliphatic carbocycles. The van der Waals surface area contributed by atoms with Crippen molar-refractivity contribution in [1.29, 1.82) is 0 Å². The van der Waals surface area contributed by atoms with Gasteiger partial charge in [0.25, 0.3) is 0 Å². The molecule has 0 bridgehead atoms. The molecule has 7 heteroatoms. The van der Waals surface area contributed by atoms with Gasteiger partial charge in [0.15, 0.2) is 0 Å². The number of carbonyl (C=O) groups excluding carboxylic acids is 1. The van der Waals surface area contributed by atoms with E-state index in [9.17, 15) is 14.3 Å². The van der Waals surface area contributed by atoms with Gasteiger partial charge in [-0.05, 0) is 55.7 Å². The van der Waals surface area contributed by atoms with Crippen molar-refractivity contribution < 1.29 is 23.8 Å². The van der Waals surface area contributed by atoms with E-state index in [0.29, 0.717) is 24.4 Å². The maximum Gasteiger partial charge on any atom is 0.411 e. The minimum atomic E-state index is -1.07. The van der Waals surface area contributed by atoms with E-state index in [1.807, 2.05) is 43.3 Å². The van der Waals surface area contributed by atoms with Gasteiger partial charge in [-0.3, -0.25) is 0 Å². The van der Waals surface area contributed by atoms with Gasteiger partial charge in [0.2, 0.25) is 5.88 Å². The molecule has 0 radical (unpaired) electrons. The lowest BCUT2D eigenvalue weighted by Crippen LogP contribution is -2.51. The first-order valence-electron chi connectivity index (χ1n) is 11.7. The van der Waals surface area contributed by atoms with Crippen LogP contribution in [0.3, 0.4) is 0 Å². The Morgan fingerprint density at radius 3 is 2.31 bits per heavy atom. The summed E-state index contributed by atoms with van der Waals surface area (Å²) in [5.74, 6) is 0.197. The number of rotatable bonds is 7. The van der Waals surface area contributed by atoms with E-state index < -0.39 is 17.3 Å². The smallest absolute Gasteiger partial charge is 0.411 e. The number of hydrogen-bond donors (Lipinski definition) is 1. The topological polar surface area (TPSA) is 71.9 Å². The average molecular weight is 479 g/mol. The van der Waals surface area contributed by atoms with Crippen molar-refractivity contribution in [2.75, 3.05) is 13.7 Å². The predicted octanol–water partition coefficient (Wildman–Crippen LogP) is 5.86. The highest BCUT2D eigenvalue weighted by Gasteiger charge is 2.46. The van der Waals surface area contributed by atoms with Crippen molar-refractivity contribution in [3.63, 3.8) is 0 Å². The third-order valence-corrected chi connectivity index (χ3v) is 6.50. The van der Waals surface area contributed by atoms with Crippen LogP contribution in [-0.2, 0) is 10.3 Å². The van der Waals surface area contributed by atoms with E-state index in [1.165, 1.54) is 12.1 Å². The Bertz CT molecular complexity index is 1160. The zero-order chi connectivity index (χ0) is 25.2. The zero-order valence-corrected chi connectivity index (χ0v) is 20.5. The molecular weight excluding hydrogens is 447 g/mol. The van der Waals surface area contributed by atoms with Crippen molar-refractivity contribution in [1.82, 2.24) is 9.88 Å². The van der Waals surface area contributed by atoms with Crippen LogP contribution in [0.4, 0.5) is 9.18 Å². The van der Waals surface area contributed by atoms with Crippen LogP contribution in [-0.4, -0.2) is 40.3 Å². The number of hydrogen-bond acceptors (Lipinski definition) is 5. The van der Waals surface area contributed by atoms with E-state index in [2.05, 4.69) is 4.98 Å². The Labute approximate surface area is 205 Å². The average Bonchev–Trinajstić information content (AvgIpc) is 2.83. The number of amides is 1. The molecule has 1 aromatic heterocycles. The second-order valence-corrected chi connectivity index (χ2v) is 9.69. The number of benzene rings is 2. The largest absolute Gasteiger partial charge is 0.481 e. The Kier molecular flexibility index (Phi) is 6.81. The molecule has 3 aromatic rings. The highest BCUT2D eigenvalue weighted by molar-refractivity contribution is 5.70. The van der Waals surface area contributed by atoms with Crippen LogP contribution in [0, 0.1) is 5.82 Å². The number of methoxy groups -OCH3 is 1. The van der Waals surface area contributed by atoms with Gasteiger partial charge in [0.05, 0.1) is 18.8 Å². The third-order valence-electron chi connectivity index (χ3n) is 6.50. The molecule has 35 heavy (non-hydrogen) atoms. The molecule has 2 heterocycles. The Morgan fingerprint density at radius 2 is 1.77 bits per heavy atom. The molecule has 1 aliphatic rings. The molecule has 6 nitrogen and oxygen atoms in total. The summed E-state index contributed by atoms with van der Waals surface area (Å²) in [4.78, 5) is 19.2. The number of halogens is 1. The third kappa shape index (κ3) is 5.46. The fourth-order valence-electron chi connectivity index (χ4n) is 4.71. The van der Waals surface area contributed by atoms with Crippen LogP contribution in [0.15, 0.2) is 66.9 Å². The molecule has 1 saturated heterocycles. The molecule has 0 unspecified atom stereocenters. The monoisotopic (exact) mass is 478 g/mol. The number of aromatic nitrogens is 1. The fraction of sp³-hybridized carbons (Fsp3) is 0.357. The lowest BCUT2D eigenvalue weighted by molar-refractivity contribution is -0.101. The number of ether oxygens (including phenoxy) is 2. The molecule has 1 N–H and O–H groups in total. The lowest BCUT2D eigenvalue weighted by atomic mass is 9.80. The summed E-state index contributed by atoms with van der Waals surface area (Å²) in [6.07, 6.45) is 2.00. The van der Waals surface area contributed by atoms with Crippen LogP contribution < -0.4 is 4.74 Å². The fourth-order valence-corrected chi connectivity index (χ4v) is 4.71. The summed E-state index contributed by atoms with van der Waals surface area (Å²) in [5, 5.41) is 10.5. The van der Waals surface area contributed by atoms with Gasteiger partial charge >= 0.3 is 6.09 Å². The first-order chi connectivity index (χ1) is 16.6. The van der Waals surface area contributed by atoms with Crippen molar-refractivity contribution in [2.45, 2.75) is 50.9 Å². The van der Waals surface area contributed by atoms with Gasteiger partial charge in [-0.25, -0.2) is 14.2 Å². The molecule has 4 rings (SSSR count). The van der Waals surface area contributed by atoms with Crippen LogP contribution in [0.25, 0.3) is 11.1 Å². The van der Waals surface area contributed by atoms with E-state index in [0.717, 1.165) is 16.7 Å². The van der Waals surface area contributed by atoms with E-state index in [1.54, 1.807) is 44.2 Å². The van der Waals surface area contributed by atoms with Crippen LogP contribution in [0.1, 0.15) is 50.8 Å². The number of aliphatic hydroxyl groups is 1. The summed E-state index contributed by atoms with van der Waals surface area (Å²) >= 11 is 0. The van der Waals surface area contributed by atoms with Crippen molar-refractivity contribution in [2.24, 2.45) is 0 Å².